The number of ether oxygens (including phenoxy) is 2. The summed E-state index contributed by atoms with van der Waals surface area (Å²) < 4.78 is 10.6. The number of rotatable bonds is 13. The molecule has 0 heterocycles. The maximum absolute atomic E-state index is 12.8. The average molecular weight is 452 g/mol. The lowest BCUT2D eigenvalue weighted by Gasteiger charge is -2.26. The molecule has 1 atom stereocenters. The molecule has 2 aromatic rings. The van der Waals surface area contributed by atoms with Gasteiger partial charge in [-0.15, -0.1) is 0 Å². The van der Waals surface area contributed by atoms with Gasteiger partial charge in [0.15, 0.2) is 12.2 Å². The Hall–Kier alpha value is -2.81. The lowest BCUT2D eigenvalue weighted by molar-refractivity contribution is -0.166. The largest absolute Gasteiger partial charge is 0.497 e. The predicted octanol–water partition coefficient (Wildman–Crippen LogP) is 4.92. The quantitative estimate of drug-likeness (QED) is 0.266. The highest BCUT2D eigenvalue weighted by molar-refractivity contribution is 5.81. The zero-order valence-electron chi connectivity index (χ0n) is 20.2. The van der Waals surface area contributed by atoms with E-state index in [0.717, 1.165) is 44.5 Å². The maximum atomic E-state index is 12.8. The summed E-state index contributed by atoms with van der Waals surface area (Å²) >= 11 is 0. The third-order valence-electron chi connectivity index (χ3n) is 5.70. The first-order valence-corrected chi connectivity index (χ1v) is 11.8. The summed E-state index contributed by atoms with van der Waals surface area (Å²) in [6.07, 6.45) is 4.25. The van der Waals surface area contributed by atoms with Crippen LogP contribution in [0.2, 0.25) is 0 Å². The molecular formula is C28H37NO4. The fraction of sp³-hybridized carbons (Fsp3) is 0.464. The summed E-state index contributed by atoms with van der Waals surface area (Å²) in [6, 6.07) is 17.0. The fourth-order valence-electron chi connectivity index (χ4n) is 3.59. The Bertz CT molecular complexity index is 886. The monoisotopic (exact) mass is 451 g/mol. The molecule has 0 aromatic heterocycles. The van der Waals surface area contributed by atoms with E-state index in [0.29, 0.717) is 18.5 Å². The number of carbonyl (C=O) groups excluding carboxylic acids is 1. The highest BCUT2D eigenvalue weighted by Gasteiger charge is 2.38. The first-order chi connectivity index (χ1) is 16.0. The van der Waals surface area contributed by atoms with Crippen molar-refractivity contribution in [1.82, 2.24) is 4.90 Å². The van der Waals surface area contributed by atoms with E-state index in [1.165, 1.54) is 5.56 Å². The van der Waals surface area contributed by atoms with Crippen LogP contribution in [0.25, 0.3) is 0 Å². The first-order valence-electron chi connectivity index (χ1n) is 11.8. The molecule has 0 radical (unpaired) electrons. The van der Waals surface area contributed by atoms with Crippen molar-refractivity contribution in [1.29, 1.82) is 0 Å². The SMILES string of the molecule is CCCCCCC(O)(C(=O)OCC#CCN(CC)Cc1ccc(OC)cc1)c1ccccc1. The van der Waals surface area contributed by atoms with Crippen LogP contribution in [0.4, 0.5) is 0 Å². The molecule has 0 fully saturated rings. The number of esters is 1. The van der Waals surface area contributed by atoms with E-state index in [9.17, 15) is 9.90 Å². The van der Waals surface area contributed by atoms with Crippen LogP contribution in [0.15, 0.2) is 54.6 Å². The van der Waals surface area contributed by atoms with Gasteiger partial charge in [0.25, 0.3) is 0 Å². The van der Waals surface area contributed by atoms with Crippen LogP contribution in [0.5, 0.6) is 5.75 Å². The molecule has 0 bridgehead atoms. The number of nitrogens with zero attached hydrogens (tertiary/aromatic N) is 1. The standard InChI is InChI=1S/C28H37NO4/c1-4-6-7-11-20-28(31,25-14-9-8-10-15-25)27(30)33-22-13-12-21-29(5-2)23-24-16-18-26(32-3)19-17-24/h8-10,14-19,31H,4-7,11,20-23H2,1-3H3. The van der Waals surface area contributed by atoms with Gasteiger partial charge in [-0.05, 0) is 42.6 Å². The van der Waals surface area contributed by atoms with E-state index in [-0.39, 0.29) is 6.61 Å². The number of hydrogen-bond acceptors (Lipinski definition) is 5. The smallest absolute Gasteiger partial charge is 0.343 e. The van der Waals surface area contributed by atoms with Gasteiger partial charge in [-0.3, -0.25) is 4.90 Å². The van der Waals surface area contributed by atoms with Crippen LogP contribution in [-0.2, 0) is 21.7 Å². The summed E-state index contributed by atoms with van der Waals surface area (Å²) in [7, 11) is 1.66. The first kappa shape index (κ1) is 26.4. The normalized spacial score (nSPS) is 12.5. The highest BCUT2D eigenvalue weighted by Crippen LogP contribution is 2.29. The molecule has 33 heavy (non-hydrogen) atoms. The van der Waals surface area contributed by atoms with Gasteiger partial charge in [0, 0.05) is 6.54 Å². The van der Waals surface area contributed by atoms with Crippen LogP contribution in [-0.4, -0.2) is 42.8 Å². The molecule has 2 aromatic carbocycles. The molecule has 178 valence electrons. The van der Waals surface area contributed by atoms with Crippen molar-refractivity contribution in [3.63, 3.8) is 0 Å². The Morgan fingerprint density at radius 3 is 2.36 bits per heavy atom. The molecule has 2 rings (SSSR count). The van der Waals surface area contributed by atoms with E-state index in [2.05, 4.69) is 30.6 Å². The molecule has 0 aliphatic carbocycles. The zero-order valence-corrected chi connectivity index (χ0v) is 20.2. The molecule has 0 amide bonds. The van der Waals surface area contributed by atoms with E-state index in [1.807, 2.05) is 42.5 Å². The lowest BCUT2D eigenvalue weighted by Crippen LogP contribution is -2.37. The number of methoxy groups -OCH3 is 1. The van der Waals surface area contributed by atoms with Crippen LogP contribution in [0, 0.1) is 11.8 Å². The van der Waals surface area contributed by atoms with Crippen LogP contribution < -0.4 is 4.74 Å². The Morgan fingerprint density at radius 2 is 1.73 bits per heavy atom. The fourth-order valence-corrected chi connectivity index (χ4v) is 3.59. The van der Waals surface area contributed by atoms with Gasteiger partial charge >= 0.3 is 5.97 Å². The second-order valence-electron chi connectivity index (χ2n) is 8.12. The Labute approximate surface area is 198 Å². The second-order valence-corrected chi connectivity index (χ2v) is 8.12. The minimum absolute atomic E-state index is 0.0387. The van der Waals surface area contributed by atoms with Crippen molar-refractivity contribution in [2.24, 2.45) is 0 Å². The maximum Gasteiger partial charge on any atom is 0.343 e. The van der Waals surface area contributed by atoms with Gasteiger partial charge < -0.3 is 14.6 Å². The molecule has 0 spiro atoms. The molecule has 0 aliphatic rings. The van der Waals surface area contributed by atoms with Gasteiger partial charge in [0.05, 0.1) is 13.7 Å². The molecule has 5 nitrogen and oxygen atoms in total. The average Bonchev–Trinajstić information content (AvgIpc) is 2.86. The third-order valence-corrected chi connectivity index (χ3v) is 5.70. The van der Waals surface area contributed by atoms with Gasteiger partial charge in [-0.2, -0.15) is 0 Å². The third kappa shape index (κ3) is 8.57. The number of benzene rings is 2. The summed E-state index contributed by atoms with van der Waals surface area (Å²) in [4.78, 5) is 15.0. The molecule has 1 unspecified atom stereocenters. The van der Waals surface area contributed by atoms with Crippen molar-refractivity contribution >= 4 is 5.97 Å². The minimum atomic E-state index is -1.64. The molecular weight excluding hydrogens is 414 g/mol. The van der Waals surface area contributed by atoms with Gasteiger partial charge in [0.1, 0.15) is 5.75 Å². The Morgan fingerprint density at radius 1 is 1.00 bits per heavy atom. The zero-order chi connectivity index (χ0) is 23.9. The van der Waals surface area contributed by atoms with E-state index < -0.39 is 11.6 Å². The summed E-state index contributed by atoms with van der Waals surface area (Å²) in [5.74, 6) is 6.20. The minimum Gasteiger partial charge on any atom is -0.497 e. The van der Waals surface area contributed by atoms with E-state index >= 15 is 0 Å². The summed E-state index contributed by atoms with van der Waals surface area (Å²) in [6.45, 7) is 6.38. The van der Waals surface area contributed by atoms with E-state index in [1.54, 1.807) is 19.2 Å². The van der Waals surface area contributed by atoms with Crippen LogP contribution >= 0.6 is 0 Å². The number of carbonyl (C=O) groups is 1. The molecule has 1 N–H and O–H groups in total. The van der Waals surface area contributed by atoms with E-state index in [4.69, 9.17) is 9.47 Å². The number of hydrogen-bond donors (Lipinski definition) is 1. The van der Waals surface area contributed by atoms with Crippen molar-refractivity contribution in [3.05, 3.63) is 65.7 Å². The predicted molar refractivity (Wildman–Crippen MR) is 132 cm³/mol. The molecule has 0 saturated heterocycles. The van der Waals surface area contributed by atoms with Crippen molar-refractivity contribution in [2.45, 2.75) is 58.1 Å². The van der Waals surface area contributed by atoms with Crippen LogP contribution in [0.3, 0.4) is 0 Å². The number of unbranched alkanes of at least 4 members (excludes halogenated alkanes) is 3. The lowest BCUT2D eigenvalue weighted by atomic mass is 9.88. The van der Waals surface area contributed by atoms with Gasteiger partial charge in [-0.1, -0.05) is 87.4 Å². The Kier molecular flexibility index (Phi) is 11.5. The highest BCUT2D eigenvalue weighted by atomic mass is 16.5. The number of aliphatic hydroxyl groups is 1. The van der Waals surface area contributed by atoms with Gasteiger partial charge in [-0.25, -0.2) is 4.79 Å². The molecule has 5 heteroatoms. The van der Waals surface area contributed by atoms with Crippen LogP contribution in [0.1, 0.15) is 57.1 Å². The van der Waals surface area contributed by atoms with Crippen molar-refractivity contribution in [2.75, 3.05) is 26.8 Å². The summed E-state index contributed by atoms with van der Waals surface area (Å²) in [5, 5.41) is 11.2. The van der Waals surface area contributed by atoms with Crippen molar-refractivity contribution in [3.8, 4) is 17.6 Å². The Balaban J connectivity index is 1.90. The topological polar surface area (TPSA) is 59.0 Å². The van der Waals surface area contributed by atoms with Gasteiger partial charge in [0.2, 0.25) is 0 Å². The summed E-state index contributed by atoms with van der Waals surface area (Å²) in [5.41, 5.74) is 0.110. The molecule has 0 aliphatic heterocycles. The molecule has 0 saturated carbocycles. The second kappa shape index (κ2) is 14.4. The van der Waals surface area contributed by atoms with Crippen molar-refractivity contribution < 1.29 is 19.4 Å².